The van der Waals surface area contributed by atoms with E-state index >= 15 is 0 Å². The summed E-state index contributed by atoms with van der Waals surface area (Å²) in [5.41, 5.74) is 14.0. The van der Waals surface area contributed by atoms with Gasteiger partial charge in [0.2, 0.25) is 11.9 Å². The van der Waals surface area contributed by atoms with Crippen molar-refractivity contribution in [1.82, 2.24) is 33.2 Å². The Balaban J connectivity index is 1.01. The predicted molar refractivity (Wildman–Crippen MR) is 341 cm³/mol. The molecule has 13 aromatic carbocycles. The van der Waals surface area contributed by atoms with Crippen LogP contribution >= 0.6 is 0 Å². The first-order chi connectivity index (χ1) is 40.7. The third kappa shape index (κ3) is 6.33. The number of hydrogen-bond donors (Lipinski definition) is 0. The van der Waals surface area contributed by atoms with Gasteiger partial charge in [-0.3, -0.25) is 9.13 Å². The highest BCUT2D eigenvalue weighted by Gasteiger charge is 2.28. The summed E-state index contributed by atoms with van der Waals surface area (Å²) in [6, 6.07) is 98.6. The van der Waals surface area contributed by atoms with Crippen LogP contribution in [0.1, 0.15) is 0 Å². The lowest BCUT2D eigenvalue weighted by atomic mass is 10.0. The van der Waals surface area contributed by atoms with Crippen LogP contribution in [-0.2, 0) is 0 Å². The summed E-state index contributed by atoms with van der Waals surface area (Å²) in [7, 11) is 0. The maximum Gasteiger partial charge on any atom is 0.240 e. The number of aromatic nitrogens is 7. The zero-order valence-electron chi connectivity index (χ0n) is 44.1. The number of hydrogen-bond acceptors (Lipinski definition) is 3. The summed E-state index contributed by atoms with van der Waals surface area (Å²) in [4.78, 5) is 17.2. The Morgan fingerprint density at radius 3 is 1.24 bits per heavy atom. The molecular formula is C75H45N7. The quantitative estimate of drug-likeness (QED) is 0.167. The van der Waals surface area contributed by atoms with E-state index < -0.39 is 0 Å². The largest absolute Gasteiger partial charge is 0.309 e. The second-order valence-corrected chi connectivity index (χ2v) is 21.5. The molecule has 7 heteroatoms. The molecule has 0 bridgehead atoms. The van der Waals surface area contributed by atoms with Crippen LogP contribution in [-0.4, -0.2) is 33.2 Å². The van der Waals surface area contributed by atoms with Crippen LogP contribution in [0.2, 0.25) is 0 Å². The third-order valence-corrected chi connectivity index (χ3v) is 17.1. The zero-order valence-corrected chi connectivity index (χ0v) is 44.1. The van der Waals surface area contributed by atoms with E-state index in [1.165, 1.54) is 27.1 Å². The highest BCUT2D eigenvalue weighted by molar-refractivity contribution is 6.32. The van der Waals surface area contributed by atoms with Gasteiger partial charge >= 0.3 is 0 Å². The van der Waals surface area contributed by atoms with Crippen LogP contribution in [0.4, 0.5) is 0 Å². The van der Waals surface area contributed by atoms with E-state index in [-0.39, 0.29) is 0 Å². The fourth-order valence-electron chi connectivity index (χ4n) is 13.7. The molecule has 0 radical (unpaired) electrons. The lowest BCUT2D eigenvalue weighted by Crippen LogP contribution is -2.10. The second kappa shape index (κ2) is 17.2. The second-order valence-electron chi connectivity index (χ2n) is 21.5. The van der Waals surface area contributed by atoms with Crippen molar-refractivity contribution in [2.75, 3.05) is 0 Å². The van der Waals surface area contributed by atoms with Crippen molar-refractivity contribution in [3.05, 3.63) is 273 Å². The van der Waals surface area contributed by atoms with Crippen LogP contribution in [0.3, 0.4) is 0 Å². The Kier molecular flexibility index (Phi) is 9.38. The molecule has 0 aliphatic carbocycles. The third-order valence-electron chi connectivity index (χ3n) is 17.1. The average Bonchev–Trinajstić information content (AvgIpc) is 2.05. The predicted octanol–water partition coefficient (Wildman–Crippen LogP) is 19.1. The van der Waals surface area contributed by atoms with Gasteiger partial charge in [-0.1, -0.05) is 231 Å². The average molecular weight is 1040 g/mol. The van der Waals surface area contributed by atoms with Crippen LogP contribution in [0.5, 0.6) is 0 Å². The molecule has 0 spiro atoms. The van der Waals surface area contributed by atoms with Gasteiger partial charge in [-0.05, 0) is 69.8 Å². The van der Waals surface area contributed by atoms with Gasteiger partial charge in [-0.2, -0.15) is 15.0 Å². The fourth-order valence-corrected chi connectivity index (χ4v) is 13.7. The van der Waals surface area contributed by atoms with Gasteiger partial charge in [0.25, 0.3) is 0 Å². The number of rotatable bonds is 6. The molecule has 0 aliphatic rings. The number of nitrogens with zero attached hydrogens (tertiary/aromatic N) is 7. The van der Waals surface area contributed by atoms with Crippen LogP contribution < -0.4 is 0 Å². The van der Waals surface area contributed by atoms with E-state index in [1.807, 2.05) is 6.07 Å². The van der Waals surface area contributed by atoms with Crippen molar-refractivity contribution in [2.45, 2.75) is 0 Å². The lowest BCUT2D eigenvalue weighted by molar-refractivity contribution is 0.895. The fraction of sp³-hybridized carbons (Fsp3) is 0. The molecule has 0 N–H and O–H groups in total. The highest BCUT2D eigenvalue weighted by Crippen LogP contribution is 2.47. The molecule has 5 aromatic heterocycles. The molecule has 0 fully saturated rings. The Morgan fingerprint density at radius 1 is 0.220 bits per heavy atom. The summed E-state index contributed by atoms with van der Waals surface area (Å²) >= 11 is 0. The number of benzene rings is 13. The minimum absolute atomic E-state index is 0.524. The van der Waals surface area contributed by atoms with Gasteiger partial charge < -0.3 is 9.13 Å². The number of fused-ring (bicyclic) bond motifs is 20. The number of para-hydroxylation sites is 2. The van der Waals surface area contributed by atoms with Crippen molar-refractivity contribution in [3.8, 4) is 45.8 Å². The van der Waals surface area contributed by atoms with Gasteiger partial charge in [-0.25, -0.2) is 0 Å². The monoisotopic (exact) mass is 1040 g/mol. The van der Waals surface area contributed by atoms with Crippen LogP contribution in [0.15, 0.2) is 273 Å². The van der Waals surface area contributed by atoms with Gasteiger partial charge in [-0.15, -0.1) is 0 Å². The van der Waals surface area contributed by atoms with E-state index in [1.54, 1.807) is 0 Å². The molecule has 0 saturated carbocycles. The molecule has 0 unspecified atom stereocenters. The van der Waals surface area contributed by atoms with Crippen LogP contribution in [0, 0.1) is 0 Å². The smallest absolute Gasteiger partial charge is 0.240 e. The summed E-state index contributed by atoms with van der Waals surface area (Å²) in [6.07, 6.45) is 0. The molecule has 0 aliphatic heterocycles. The van der Waals surface area contributed by atoms with Crippen molar-refractivity contribution >= 4 is 120 Å². The van der Waals surface area contributed by atoms with Gasteiger partial charge in [0.1, 0.15) is 0 Å². The van der Waals surface area contributed by atoms with E-state index in [0.717, 1.165) is 120 Å². The SMILES string of the molecule is c1ccc(-c2cccc(-n3c4ccc5c6ccccc6n(-c6nc(-c7ccccc7)nc(-n7c8c9ccccc9ccc8c8ccc9c(c%10ccc%11ccccc%11c%10n9-c9ccccc9)c87)n6)c5c4c4ccc5ccccc5c43)c2)cc1. The Labute approximate surface area is 469 Å². The minimum Gasteiger partial charge on any atom is -0.309 e. The topological polar surface area (TPSA) is 58.4 Å². The molecule has 18 rings (SSSR count). The summed E-state index contributed by atoms with van der Waals surface area (Å²) in [5.74, 6) is 1.62. The summed E-state index contributed by atoms with van der Waals surface area (Å²) < 4.78 is 9.59. The molecular weight excluding hydrogens is 999 g/mol. The maximum atomic E-state index is 5.89. The van der Waals surface area contributed by atoms with Crippen molar-refractivity contribution in [2.24, 2.45) is 0 Å². The minimum atomic E-state index is 0.524. The molecule has 7 nitrogen and oxygen atoms in total. The lowest BCUT2D eigenvalue weighted by Gasteiger charge is -2.14. The van der Waals surface area contributed by atoms with E-state index in [0.29, 0.717) is 17.7 Å². The van der Waals surface area contributed by atoms with Gasteiger partial charge in [0, 0.05) is 76.2 Å². The van der Waals surface area contributed by atoms with Crippen LogP contribution in [0.25, 0.3) is 165 Å². The highest BCUT2D eigenvalue weighted by atomic mass is 15.3. The Bertz CT molecular complexity index is 5690. The van der Waals surface area contributed by atoms with Gasteiger partial charge in [0.05, 0.1) is 44.1 Å². The first-order valence-electron chi connectivity index (χ1n) is 27.9. The first-order valence-corrected chi connectivity index (χ1v) is 27.9. The van der Waals surface area contributed by atoms with Crippen molar-refractivity contribution < 1.29 is 0 Å². The zero-order chi connectivity index (χ0) is 53.6. The first kappa shape index (κ1) is 44.8. The molecule has 0 atom stereocenters. The molecule has 0 amide bonds. The molecule has 5 heterocycles. The van der Waals surface area contributed by atoms with E-state index in [9.17, 15) is 0 Å². The Morgan fingerprint density at radius 2 is 0.634 bits per heavy atom. The molecule has 82 heavy (non-hydrogen) atoms. The molecule has 18 aromatic rings. The standard InChI is InChI=1S/C75H45N7/c1-4-19-46(20-5-1)51-26-18-29-53(45-51)80-65-43-41-58-57-33-16-17-34-63(57)81(71(58)66(65)61-39-36-49-23-12-15-32-56(49)70(61)80)74-76-73(50-24-6-2-7-25-50)77-75(78-74)82-68-54-30-13-10-21-47(54)35-38-59(68)60-42-44-64-67(72(60)82)62-40-37-48-22-11-14-31-55(48)69(62)79(64)52-27-8-3-9-28-52/h1-45H. The molecule has 0 saturated heterocycles. The van der Waals surface area contributed by atoms with Gasteiger partial charge in [0.15, 0.2) is 5.82 Å². The van der Waals surface area contributed by atoms with Crippen molar-refractivity contribution in [3.63, 3.8) is 0 Å². The summed E-state index contributed by atoms with van der Waals surface area (Å²) in [6.45, 7) is 0. The van der Waals surface area contributed by atoms with E-state index in [2.05, 4.69) is 285 Å². The normalized spacial score (nSPS) is 12.1. The molecule has 380 valence electrons. The van der Waals surface area contributed by atoms with Crippen molar-refractivity contribution in [1.29, 1.82) is 0 Å². The van der Waals surface area contributed by atoms with E-state index in [4.69, 9.17) is 15.0 Å². The maximum absolute atomic E-state index is 5.89. The summed E-state index contributed by atoms with van der Waals surface area (Å²) in [5, 5.41) is 16.0. The Hall–Kier alpha value is -11.2.